The van der Waals surface area contributed by atoms with Gasteiger partial charge in [-0.1, -0.05) is 6.07 Å². The van der Waals surface area contributed by atoms with E-state index < -0.39 is 0 Å². The fourth-order valence-corrected chi connectivity index (χ4v) is 3.84. The minimum Gasteiger partial charge on any atom is -0.478 e. The quantitative estimate of drug-likeness (QED) is 0.810. The van der Waals surface area contributed by atoms with Crippen molar-refractivity contribution in [3.63, 3.8) is 0 Å². The number of carbonyl (C=O) groups is 2. The number of pyridine rings is 1. The molecule has 0 atom stereocenters. The van der Waals surface area contributed by atoms with Gasteiger partial charge in [-0.2, -0.15) is 0 Å². The van der Waals surface area contributed by atoms with Gasteiger partial charge in [0.05, 0.1) is 6.61 Å². The number of rotatable bonds is 7. The number of ether oxygens (including phenoxy) is 1. The van der Waals surface area contributed by atoms with Gasteiger partial charge in [0.15, 0.2) is 0 Å². The first kappa shape index (κ1) is 18.4. The number of nitrogens with one attached hydrogen (secondary N) is 1. The van der Waals surface area contributed by atoms with Gasteiger partial charge in [0, 0.05) is 49.1 Å². The summed E-state index contributed by atoms with van der Waals surface area (Å²) in [4.78, 5) is 31.8. The maximum atomic E-state index is 12.4. The summed E-state index contributed by atoms with van der Waals surface area (Å²) >= 11 is 1.75. The van der Waals surface area contributed by atoms with Gasteiger partial charge < -0.3 is 15.0 Å². The number of hydrogen-bond acceptors (Lipinski definition) is 5. The Morgan fingerprint density at radius 1 is 1.35 bits per heavy atom. The van der Waals surface area contributed by atoms with Crippen LogP contribution in [0.1, 0.15) is 35.8 Å². The molecule has 3 rings (SSSR count). The van der Waals surface area contributed by atoms with Crippen molar-refractivity contribution in [2.45, 2.75) is 39.3 Å². The smallest absolute Gasteiger partial charge is 0.223 e. The Morgan fingerprint density at radius 3 is 3.08 bits per heavy atom. The van der Waals surface area contributed by atoms with Crippen LogP contribution < -0.4 is 10.1 Å². The van der Waals surface area contributed by atoms with Gasteiger partial charge in [-0.05, 0) is 36.4 Å². The number of amides is 2. The molecule has 0 radical (unpaired) electrons. The van der Waals surface area contributed by atoms with Crippen molar-refractivity contribution in [2.24, 2.45) is 0 Å². The molecule has 1 aliphatic rings. The molecule has 0 unspecified atom stereocenters. The topological polar surface area (TPSA) is 71.5 Å². The van der Waals surface area contributed by atoms with Crippen molar-refractivity contribution < 1.29 is 14.3 Å². The zero-order chi connectivity index (χ0) is 18.4. The number of hydrogen-bond donors (Lipinski definition) is 1. The van der Waals surface area contributed by atoms with Crippen LogP contribution in [0.4, 0.5) is 0 Å². The highest BCUT2D eigenvalue weighted by atomic mass is 32.1. The molecule has 0 fully saturated rings. The number of fused-ring (bicyclic) bond motifs is 1. The highest BCUT2D eigenvalue weighted by Gasteiger charge is 2.21. The molecule has 0 saturated carbocycles. The SMILES string of the molecule is CCOc1ncccc1CNC(=O)CCC(=O)N1CCc2sccc2C1. The van der Waals surface area contributed by atoms with Crippen LogP contribution >= 0.6 is 11.3 Å². The molecule has 26 heavy (non-hydrogen) atoms. The van der Waals surface area contributed by atoms with Crippen LogP contribution in [0, 0.1) is 0 Å². The Labute approximate surface area is 157 Å². The summed E-state index contributed by atoms with van der Waals surface area (Å²) in [6.45, 7) is 4.16. The maximum Gasteiger partial charge on any atom is 0.223 e. The largest absolute Gasteiger partial charge is 0.478 e. The molecule has 2 aromatic heterocycles. The van der Waals surface area contributed by atoms with Gasteiger partial charge >= 0.3 is 0 Å². The molecule has 2 aromatic rings. The normalized spacial score (nSPS) is 13.2. The zero-order valence-corrected chi connectivity index (χ0v) is 15.7. The molecule has 2 amide bonds. The molecule has 138 valence electrons. The molecule has 1 aliphatic heterocycles. The van der Waals surface area contributed by atoms with E-state index in [0.29, 0.717) is 25.6 Å². The molecule has 1 N–H and O–H groups in total. The first-order valence-corrected chi connectivity index (χ1v) is 9.71. The summed E-state index contributed by atoms with van der Waals surface area (Å²) in [6, 6.07) is 5.76. The average Bonchev–Trinajstić information content (AvgIpc) is 3.13. The molecule has 0 bridgehead atoms. The van der Waals surface area contributed by atoms with Gasteiger partial charge in [-0.3, -0.25) is 9.59 Å². The lowest BCUT2D eigenvalue weighted by Crippen LogP contribution is -2.36. The van der Waals surface area contributed by atoms with Gasteiger partial charge in [0.1, 0.15) is 0 Å². The molecule has 3 heterocycles. The third kappa shape index (κ3) is 4.60. The summed E-state index contributed by atoms with van der Waals surface area (Å²) in [5, 5.41) is 4.91. The standard InChI is InChI=1S/C19H23N3O3S/c1-2-25-19-14(4-3-9-20-19)12-21-17(23)5-6-18(24)22-10-7-16-15(13-22)8-11-26-16/h3-4,8-9,11H,2,5-7,10,12-13H2,1H3,(H,21,23). The van der Waals surface area contributed by atoms with Crippen LogP contribution in [-0.4, -0.2) is 34.8 Å². The number of nitrogens with zero attached hydrogens (tertiary/aromatic N) is 2. The van der Waals surface area contributed by atoms with Crippen molar-refractivity contribution in [1.82, 2.24) is 15.2 Å². The fourth-order valence-electron chi connectivity index (χ4n) is 2.95. The lowest BCUT2D eigenvalue weighted by atomic mass is 10.1. The highest BCUT2D eigenvalue weighted by Crippen LogP contribution is 2.24. The summed E-state index contributed by atoms with van der Waals surface area (Å²) < 4.78 is 5.45. The molecule has 6 nitrogen and oxygen atoms in total. The second-order valence-electron chi connectivity index (χ2n) is 6.11. The molecule has 7 heteroatoms. The van der Waals surface area contributed by atoms with E-state index in [-0.39, 0.29) is 24.7 Å². The molecule has 0 saturated heterocycles. The van der Waals surface area contributed by atoms with Crippen molar-refractivity contribution in [2.75, 3.05) is 13.2 Å². The Bertz CT molecular complexity index is 775. The monoisotopic (exact) mass is 373 g/mol. The minimum absolute atomic E-state index is 0.0355. The summed E-state index contributed by atoms with van der Waals surface area (Å²) in [6.07, 6.45) is 2.99. The first-order chi connectivity index (χ1) is 12.7. The molecular formula is C19H23N3O3S. The molecule has 0 aliphatic carbocycles. The van der Waals surface area contributed by atoms with Crippen LogP contribution in [0.25, 0.3) is 0 Å². The first-order valence-electron chi connectivity index (χ1n) is 8.83. The zero-order valence-electron chi connectivity index (χ0n) is 14.9. The van der Waals surface area contributed by atoms with Crippen LogP contribution in [0.3, 0.4) is 0 Å². The van der Waals surface area contributed by atoms with E-state index >= 15 is 0 Å². The van der Waals surface area contributed by atoms with E-state index in [4.69, 9.17) is 4.74 Å². The van der Waals surface area contributed by atoms with E-state index in [1.54, 1.807) is 17.5 Å². The van der Waals surface area contributed by atoms with E-state index in [0.717, 1.165) is 18.5 Å². The van der Waals surface area contributed by atoms with Crippen molar-refractivity contribution >= 4 is 23.2 Å². The third-order valence-electron chi connectivity index (χ3n) is 4.33. The van der Waals surface area contributed by atoms with Crippen molar-refractivity contribution in [1.29, 1.82) is 0 Å². The van der Waals surface area contributed by atoms with Crippen molar-refractivity contribution in [3.05, 3.63) is 45.8 Å². The Balaban J connectivity index is 1.44. The lowest BCUT2D eigenvalue weighted by molar-refractivity contribution is -0.134. The van der Waals surface area contributed by atoms with Gasteiger partial charge in [0.2, 0.25) is 17.7 Å². The summed E-state index contributed by atoms with van der Waals surface area (Å²) in [5.74, 6) is 0.428. The average molecular weight is 373 g/mol. The number of aromatic nitrogens is 1. The van der Waals surface area contributed by atoms with Crippen LogP contribution in [0.5, 0.6) is 5.88 Å². The Kier molecular flexibility index (Phi) is 6.22. The Hall–Kier alpha value is -2.41. The minimum atomic E-state index is -0.141. The summed E-state index contributed by atoms with van der Waals surface area (Å²) in [7, 11) is 0. The third-order valence-corrected chi connectivity index (χ3v) is 5.36. The van der Waals surface area contributed by atoms with E-state index in [1.807, 2.05) is 24.0 Å². The summed E-state index contributed by atoms with van der Waals surface area (Å²) in [5.41, 5.74) is 2.06. The van der Waals surface area contributed by atoms with E-state index in [2.05, 4.69) is 21.7 Å². The predicted molar refractivity (Wildman–Crippen MR) is 99.9 cm³/mol. The second kappa shape index (κ2) is 8.80. The molecular weight excluding hydrogens is 350 g/mol. The van der Waals surface area contributed by atoms with Crippen LogP contribution in [-0.2, 0) is 29.1 Å². The highest BCUT2D eigenvalue weighted by molar-refractivity contribution is 7.10. The van der Waals surface area contributed by atoms with Gasteiger partial charge in [-0.15, -0.1) is 11.3 Å². The van der Waals surface area contributed by atoms with Crippen LogP contribution in [0.2, 0.25) is 0 Å². The predicted octanol–water partition coefficient (Wildman–Crippen LogP) is 2.52. The molecule has 0 aromatic carbocycles. The number of thiophene rings is 1. The van der Waals surface area contributed by atoms with Gasteiger partial charge in [0.25, 0.3) is 0 Å². The number of carbonyl (C=O) groups excluding carboxylic acids is 2. The van der Waals surface area contributed by atoms with Gasteiger partial charge in [-0.25, -0.2) is 4.98 Å². The van der Waals surface area contributed by atoms with E-state index in [1.165, 1.54) is 10.4 Å². The second-order valence-corrected chi connectivity index (χ2v) is 7.11. The fraction of sp³-hybridized carbons (Fsp3) is 0.421. The van der Waals surface area contributed by atoms with Crippen molar-refractivity contribution in [3.8, 4) is 5.88 Å². The Morgan fingerprint density at radius 2 is 2.23 bits per heavy atom. The van der Waals surface area contributed by atoms with E-state index in [9.17, 15) is 9.59 Å². The molecule has 0 spiro atoms. The van der Waals surface area contributed by atoms with Crippen LogP contribution in [0.15, 0.2) is 29.8 Å². The lowest BCUT2D eigenvalue weighted by Gasteiger charge is -2.27. The maximum absolute atomic E-state index is 12.4.